The Labute approximate surface area is 125 Å². The Balaban J connectivity index is 2.13. The van der Waals surface area contributed by atoms with E-state index in [1.54, 1.807) is 6.07 Å². The zero-order valence-electron chi connectivity index (χ0n) is 10.3. The molecule has 0 atom stereocenters. The minimum atomic E-state index is -0.604. The maximum Gasteiger partial charge on any atom is 0.145 e. The van der Waals surface area contributed by atoms with Crippen molar-refractivity contribution in [2.75, 3.05) is 0 Å². The molecule has 0 aliphatic carbocycles. The zero-order valence-corrected chi connectivity index (χ0v) is 11.8. The number of hydrogen-bond donors (Lipinski definition) is 0. The predicted molar refractivity (Wildman–Crippen MR) is 75.2 cm³/mol. The highest BCUT2D eigenvalue weighted by Gasteiger charge is 2.13. The van der Waals surface area contributed by atoms with Crippen molar-refractivity contribution < 1.29 is 13.6 Å². The maximum atomic E-state index is 13.7. The Kier molecular flexibility index (Phi) is 4.73. The fourth-order valence-corrected chi connectivity index (χ4v) is 2.23. The van der Waals surface area contributed by atoms with Crippen molar-refractivity contribution >= 4 is 29.0 Å². The lowest BCUT2D eigenvalue weighted by Gasteiger charge is -2.06. The van der Waals surface area contributed by atoms with Gasteiger partial charge in [0.1, 0.15) is 17.4 Å². The lowest BCUT2D eigenvalue weighted by Crippen LogP contribution is -2.08. The van der Waals surface area contributed by atoms with Crippen LogP contribution in [0.25, 0.3) is 0 Å². The van der Waals surface area contributed by atoms with E-state index >= 15 is 0 Å². The number of carbonyl (C=O) groups excluding carboxylic acids is 1. The molecule has 0 heterocycles. The van der Waals surface area contributed by atoms with E-state index < -0.39 is 11.6 Å². The SMILES string of the molecule is O=C(Cc1cc(F)ccc1Cl)Cc1cccc(Cl)c1F. The van der Waals surface area contributed by atoms with Crippen LogP contribution in [0.4, 0.5) is 8.78 Å². The van der Waals surface area contributed by atoms with E-state index in [4.69, 9.17) is 23.2 Å². The molecule has 0 saturated heterocycles. The lowest BCUT2D eigenvalue weighted by molar-refractivity contribution is -0.117. The first-order chi connectivity index (χ1) is 9.47. The maximum absolute atomic E-state index is 13.7. The van der Waals surface area contributed by atoms with E-state index in [0.717, 1.165) is 0 Å². The van der Waals surface area contributed by atoms with Crippen LogP contribution in [0.5, 0.6) is 0 Å². The summed E-state index contributed by atoms with van der Waals surface area (Å²) in [5, 5.41) is 0.283. The van der Waals surface area contributed by atoms with Gasteiger partial charge in [0.15, 0.2) is 0 Å². The second kappa shape index (κ2) is 6.33. The van der Waals surface area contributed by atoms with Crippen LogP contribution in [-0.4, -0.2) is 5.78 Å². The summed E-state index contributed by atoms with van der Waals surface area (Å²) in [6, 6.07) is 8.28. The van der Waals surface area contributed by atoms with Crippen molar-refractivity contribution in [3.05, 3.63) is 69.2 Å². The number of hydrogen-bond acceptors (Lipinski definition) is 1. The first kappa shape index (κ1) is 14.9. The summed E-state index contributed by atoms with van der Waals surface area (Å²) in [6.45, 7) is 0. The topological polar surface area (TPSA) is 17.1 Å². The number of carbonyl (C=O) groups is 1. The van der Waals surface area contributed by atoms with Gasteiger partial charge in [0.05, 0.1) is 5.02 Å². The van der Waals surface area contributed by atoms with Gasteiger partial charge >= 0.3 is 0 Å². The van der Waals surface area contributed by atoms with Crippen molar-refractivity contribution in [2.45, 2.75) is 12.8 Å². The first-order valence-corrected chi connectivity index (χ1v) is 6.61. The van der Waals surface area contributed by atoms with Crippen molar-refractivity contribution in [3.63, 3.8) is 0 Å². The molecule has 0 N–H and O–H groups in total. The molecule has 0 aliphatic rings. The van der Waals surface area contributed by atoms with Crippen LogP contribution < -0.4 is 0 Å². The molecule has 0 aliphatic heterocycles. The van der Waals surface area contributed by atoms with Crippen LogP contribution in [-0.2, 0) is 17.6 Å². The van der Waals surface area contributed by atoms with Crippen molar-refractivity contribution in [1.29, 1.82) is 0 Å². The molecule has 0 saturated carbocycles. The molecule has 0 fully saturated rings. The molecule has 0 amide bonds. The van der Waals surface area contributed by atoms with Gasteiger partial charge in [-0.05, 0) is 35.4 Å². The summed E-state index contributed by atoms with van der Waals surface area (Å²) >= 11 is 11.5. The minimum absolute atomic E-state index is 0.0286. The molecule has 1 nitrogen and oxygen atoms in total. The summed E-state index contributed by atoms with van der Waals surface area (Å²) in [7, 11) is 0. The Morgan fingerprint density at radius 1 is 0.950 bits per heavy atom. The van der Waals surface area contributed by atoms with Crippen LogP contribution in [0.15, 0.2) is 36.4 Å². The second-order valence-electron chi connectivity index (χ2n) is 4.34. The van der Waals surface area contributed by atoms with Crippen LogP contribution in [0.1, 0.15) is 11.1 Å². The Hall–Kier alpha value is -1.45. The molecule has 0 radical (unpaired) electrons. The van der Waals surface area contributed by atoms with Crippen LogP contribution in [0.3, 0.4) is 0 Å². The third-order valence-corrected chi connectivity index (χ3v) is 3.48. The van der Waals surface area contributed by atoms with Gasteiger partial charge in [-0.3, -0.25) is 4.79 Å². The summed E-state index contributed by atoms with van der Waals surface area (Å²) in [5.41, 5.74) is 0.606. The highest BCUT2D eigenvalue weighted by Crippen LogP contribution is 2.21. The lowest BCUT2D eigenvalue weighted by atomic mass is 10.0. The van der Waals surface area contributed by atoms with Crippen LogP contribution >= 0.6 is 23.2 Å². The van der Waals surface area contributed by atoms with Gasteiger partial charge < -0.3 is 0 Å². The van der Waals surface area contributed by atoms with E-state index in [1.165, 1.54) is 30.3 Å². The highest BCUT2D eigenvalue weighted by atomic mass is 35.5. The van der Waals surface area contributed by atoms with Gasteiger partial charge in [0.2, 0.25) is 0 Å². The number of ketones is 1. The van der Waals surface area contributed by atoms with Crippen LogP contribution in [0.2, 0.25) is 10.0 Å². The molecule has 2 aromatic rings. The monoisotopic (exact) mass is 314 g/mol. The van der Waals surface area contributed by atoms with Crippen molar-refractivity contribution in [3.8, 4) is 0 Å². The van der Waals surface area contributed by atoms with E-state index in [-0.39, 0.29) is 29.2 Å². The summed E-state index contributed by atoms with van der Waals surface area (Å²) in [5.74, 6) is -1.34. The van der Waals surface area contributed by atoms with Crippen LogP contribution in [0, 0.1) is 11.6 Å². The van der Waals surface area contributed by atoms with Gasteiger partial charge in [0.25, 0.3) is 0 Å². The average Bonchev–Trinajstić information content (AvgIpc) is 2.39. The third-order valence-electron chi connectivity index (χ3n) is 2.81. The molecule has 0 aromatic heterocycles. The Morgan fingerprint density at radius 2 is 1.65 bits per heavy atom. The van der Waals surface area contributed by atoms with Crippen molar-refractivity contribution in [2.24, 2.45) is 0 Å². The molecular formula is C15H10Cl2F2O. The molecule has 2 rings (SSSR count). The third kappa shape index (κ3) is 3.56. The molecule has 5 heteroatoms. The van der Waals surface area contributed by atoms with E-state index in [0.29, 0.717) is 10.6 Å². The number of benzene rings is 2. The number of Topliss-reactive ketones (excluding diaryl/α,β-unsaturated/α-hetero) is 1. The standard InChI is InChI=1S/C15H10Cl2F2O/c16-13-5-4-11(18)6-10(13)8-12(20)7-9-2-1-3-14(17)15(9)19/h1-6H,7-8H2. The number of halogens is 4. The van der Waals surface area contributed by atoms with E-state index in [9.17, 15) is 13.6 Å². The molecule has 2 aromatic carbocycles. The molecule has 0 unspecified atom stereocenters. The van der Waals surface area contributed by atoms with Gasteiger partial charge in [-0.15, -0.1) is 0 Å². The Morgan fingerprint density at radius 3 is 2.40 bits per heavy atom. The first-order valence-electron chi connectivity index (χ1n) is 5.86. The second-order valence-corrected chi connectivity index (χ2v) is 5.16. The van der Waals surface area contributed by atoms with E-state index in [1.807, 2.05) is 0 Å². The smallest absolute Gasteiger partial charge is 0.145 e. The molecule has 0 bridgehead atoms. The fraction of sp³-hybridized carbons (Fsp3) is 0.133. The zero-order chi connectivity index (χ0) is 14.7. The Bertz CT molecular complexity index is 650. The molecule has 104 valence electrons. The van der Waals surface area contributed by atoms with Gasteiger partial charge in [-0.25, -0.2) is 8.78 Å². The minimum Gasteiger partial charge on any atom is -0.299 e. The molecular weight excluding hydrogens is 305 g/mol. The van der Waals surface area contributed by atoms with Gasteiger partial charge in [-0.2, -0.15) is 0 Å². The predicted octanol–water partition coefficient (Wildman–Crippen LogP) is 4.63. The normalized spacial score (nSPS) is 10.6. The highest BCUT2D eigenvalue weighted by molar-refractivity contribution is 6.31. The quantitative estimate of drug-likeness (QED) is 0.804. The number of rotatable bonds is 4. The summed E-state index contributed by atoms with van der Waals surface area (Å²) < 4.78 is 26.8. The van der Waals surface area contributed by atoms with Crippen molar-refractivity contribution in [1.82, 2.24) is 0 Å². The van der Waals surface area contributed by atoms with E-state index in [2.05, 4.69) is 0 Å². The summed E-state index contributed by atoms with van der Waals surface area (Å²) in [6.07, 6.45) is -0.165. The largest absolute Gasteiger partial charge is 0.299 e. The van der Waals surface area contributed by atoms with Gasteiger partial charge in [-0.1, -0.05) is 35.3 Å². The fourth-order valence-electron chi connectivity index (χ4n) is 1.85. The molecule has 0 spiro atoms. The van der Waals surface area contributed by atoms with Gasteiger partial charge in [0, 0.05) is 17.9 Å². The molecule has 20 heavy (non-hydrogen) atoms. The summed E-state index contributed by atoms with van der Waals surface area (Å²) in [4.78, 5) is 11.9. The average molecular weight is 315 g/mol.